The van der Waals surface area contributed by atoms with Gasteiger partial charge in [-0.2, -0.15) is 0 Å². The quantitative estimate of drug-likeness (QED) is 0.857. The van der Waals surface area contributed by atoms with Gasteiger partial charge in [-0.05, 0) is 12.8 Å². The zero-order chi connectivity index (χ0) is 14.0. The number of nitrogens with one attached hydrogen (secondary N) is 1. The predicted molar refractivity (Wildman–Crippen MR) is 71.6 cm³/mol. The third-order valence-electron chi connectivity index (χ3n) is 3.37. The largest absolute Gasteiger partial charge is 0.481 e. The highest BCUT2D eigenvalue weighted by atomic mass is 16.4. The molecule has 1 unspecified atom stereocenters. The first-order valence-electron chi connectivity index (χ1n) is 6.57. The van der Waals surface area contributed by atoms with Crippen LogP contribution >= 0.6 is 0 Å². The Kier molecular flexibility index (Phi) is 3.87. The number of carbonyl (C=O) groups is 1. The molecule has 2 rings (SSSR count). The fourth-order valence-corrected chi connectivity index (χ4v) is 2.43. The summed E-state index contributed by atoms with van der Waals surface area (Å²) in [6.45, 7) is 4.67. The van der Waals surface area contributed by atoms with Gasteiger partial charge < -0.3 is 15.0 Å². The number of aromatic amines is 1. The molecule has 1 fully saturated rings. The van der Waals surface area contributed by atoms with Crippen LogP contribution in [0.15, 0.2) is 10.9 Å². The van der Waals surface area contributed by atoms with Gasteiger partial charge in [0, 0.05) is 24.6 Å². The summed E-state index contributed by atoms with van der Waals surface area (Å²) in [6, 6.07) is 1.39. The first kappa shape index (κ1) is 13.6. The molecule has 1 atom stereocenters. The minimum absolute atomic E-state index is 0.0631. The van der Waals surface area contributed by atoms with E-state index in [0.717, 1.165) is 19.4 Å². The molecule has 0 bridgehead atoms. The Hall–Kier alpha value is -1.85. The number of hydrogen-bond acceptors (Lipinski definition) is 4. The molecule has 104 valence electrons. The fourth-order valence-electron chi connectivity index (χ4n) is 2.43. The van der Waals surface area contributed by atoms with E-state index in [2.05, 4.69) is 9.97 Å². The summed E-state index contributed by atoms with van der Waals surface area (Å²) in [5.74, 6) is 0.554. The van der Waals surface area contributed by atoms with Crippen LogP contribution in [-0.2, 0) is 4.79 Å². The molecular weight excluding hydrogens is 246 g/mol. The molecule has 1 aliphatic rings. The molecule has 2 heterocycles. The van der Waals surface area contributed by atoms with Crippen LogP contribution in [0.4, 0.5) is 5.82 Å². The van der Waals surface area contributed by atoms with Gasteiger partial charge in [-0.25, -0.2) is 4.98 Å². The molecule has 1 saturated heterocycles. The van der Waals surface area contributed by atoms with Crippen molar-refractivity contribution in [2.75, 3.05) is 11.4 Å². The summed E-state index contributed by atoms with van der Waals surface area (Å²) in [5, 5.41) is 8.92. The van der Waals surface area contributed by atoms with Crippen LogP contribution in [0.25, 0.3) is 0 Å². The average Bonchev–Trinajstić information content (AvgIpc) is 2.75. The van der Waals surface area contributed by atoms with Gasteiger partial charge in [0.15, 0.2) is 0 Å². The molecule has 0 spiro atoms. The first-order valence-corrected chi connectivity index (χ1v) is 6.57. The average molecular weight is 265 g/mol. The third-order valence-corrected chi connectivity index (χ3v) is 3.37. The van der Waals surface area contributed by atoms with Crippen LogP contribution < -0.4 is 10.5 Å². The maximum atomic E-state index is 11.7. The van der Waals surface area contributed by atoms with Crippen molar-refractivity contribution in [1.29, 1.82) is 0 Å². The summed E-state index contributed by atoms with van der Waals surface area (Å²) in [5.41, 5.74) is -0.185. The molecule has 0 amide bonds. The molecule has 0 saturated carbocycles. The molecular formula is C13H19N3O3. The van der Waals surface area contributed by atoms with Crippen molar-refractivity contribution in [2.45, 2.75) is 45.1 Å². The van der Waals surface area contributed by atoms with Crippen molar-refractivity contribution >= 4 is 11.8 Å². The Bertz CT molecular complexity index is 524. The van der Waals surface area contributed by atoms with E-state index in [4.69, 9.17) is 5.11 Å². The lowest BCUT2D eigenvalue weighted by Gasteiger charge is -2.24. The Balaban J connectivity index is 2.30. The lowest BCUT2D eigenvalue weighted by atomic mass is 10.1. The van der Waals surface area contributed by atoms with Crippen molar-refractivity contribution in [1.82, 2.24) is 9.97 Å². The van der Waals surface area contributed by atoms with Gasteiger partial charge in [0.2, 0.25) is 0 Å². The van der Waals surface area contributed by atoms with Gasteiger partial charge in [0.25, 0.3) is 5.56 Å². The van der Waals surface area contributed by atoms with E-state index in [-0.39, 0.29) is 23.9 Å². The van der Waals surface area contributed by atoms with E-state index in [1.165, 1.54) is 6.07 Å². The van der Waals surface area contributed by atoms with Crippen molar-refractivity contribution in [3.63, 3.8) is 0 Å². The molecule has 1 aromatic heterocycles. The second-order valence-corrected chi connectivity index (χ2v) is 5.23. The Morgan fingerprint density at radius 3 is 3.00 bits per heavy atom. The highest BCUT2D eigenvalue weighted by Crippen LogP contribution is 2.25. The third kappa shape index (κ3) is 3.13. The van der Waals surface area contributed by atoms with Gasteiger partial charge in [0.05, 0.1) is 6.42 Å². The van der Waals surface area contributed by atoms with Gasteiger partial charge in [-0.15, -0.1) is 0 Å². The molecule has 0 radical (unpaired) electrons. The van der Waals surface area contributed by atoms with Crippen molar-refractivity contribution in [3.05, 3.63) is 22.2 Å². The molecule has 0 aliphatic carbocycles. The minimum Gasteiger partial charge on any atom is -0.481 e. The number of anilines is 1. The van der Waals surface area contributed by atoms with Crippen molar-refractivity contribution in [3.8, 4) is 0 Å². The second-order valence-electron chi connectivity index (χ2n) is 5.23. The monoisotopic (exact) mass is 265 g/mol. The summed E-state index contributed by atoms with van der Waals surface area (Å²) < 4.78 is 0. The van der Waals surface area contributed by atoms with E-state index >= 15 is 0 Å². The molecule has 0 aromatic carbocycles. The van der Waals surface area contributed by atoms with Crippen LogP contribution in [0.1, 0.15) is 44.9 Å². The van der Waals surface area contributed by atoms with Gasteiger partial charge in [-0.1, -0.05) is 13.8 Å². The Morgan fingerprint density at radius 2 is 2.37 bits per heavy atom. The van der Waals surface area contributed by atoms with Crippen LogP contribution in [-0.4, -0.2) is 33.6 Å². The fraction of sp³-hybridized carbons (Fsp3) is 0.615. The number of carboxylic acid groups (broad SMARTS) is 1. The second kappa shape index (κ2) is 5.42. The smallest absolute Gasteiger partial charge is 0.305 e. The zero-order valence-corrected chi connectivity index (χ0v) is 11.2. The zero-order valence-electron chi connectivity index (χ0n) is 11.2. The molecule has 6 nitrogen and oxygen atoms in total. The van der Waals surface area contributed by atoms with E-state index in [1.807, 2.05) is 18.7 Å². The van der Waals surface area contributed by atoms with Gasteiger partial charge in [0.1, 0.15) is 11.6 Å². The molecule has 1 aromatic rings. The maximum absolute atomic E-state index is 11.7. The highest BCUT2D eigenvalue weighted by molar-refractivity contribution is 5.68. The van der Waals surface area contributed by atoms with E-state index in [1.54, 1.807) is 0 Å². The summed E-state index contributed by atoms with van der Waals surface area (Å²) >= 11 is 0. The minimum atomic E-state index is -0.814. The molecule has 2 N–H and O–H groups in total. The number of rotatable bonds is 4. The number of aromatic nitrogens is 2. The van der Waals surface area contributed by atoms with Crippen LogP contribution in [0.2, 0.25) is 0 Å². The number of aliphatic carboxylic acids is 1. The summed E-state index contributed by atoms with van der Waals surface area (Å²) in [4.78, 5) is 31.6. The van der Waals surface area contributed by atoms with E-state index < -0.39 is 5.97 Å². The topological polar surface area (TPSA) is 86.3 Å². The van der Waals surface area contributed by atoms with Gasteiger partial charge >= 0.3 is 5.97 Å². The number of hydrogen-bond donors (Lipinski definition) is 2. The lowest BCUT2D eigenvalue weighted by molar-refractivity contribution is -0.137. The highest BCUT2D eigenvalue weighted by Gasteiger charge is 2.28. The first-order chi connectivity index (χ1) is 8.97. The standard InChI is InChI=1S/C13H19N3O3/c1-8(2)13-14-10(7-11(17)15-13)16-5-3-4-9(16)6-12(18)19/h7-9H,3-6H2,1-2H3,(H,18,19)(H,14,15,17). The van der Waals surface area contributed by atoms with E-state index in [9.17, 15) is 9.59 Å². The summed E-state index contributed by atoms with van der Waals surface area (Å²) in [6.07, 6.45) is 1.85. The predicted octanol–water partition coefficient (Wildman–Crippen LogP) is 1.34. The normalized spacial score (nSPS) is 19.1. The molecule has 1 aliphatic heterocycles. The van der Waals surface area contributed by atoms with Gasteiger partial charge in [-0.3, -0.25) is 9.59 Å². The van der Waals surface area contributed by atoms with E-state index in [0.29, 0.717) is 11.6 Å². The van der Waals surface area contributed by atoms with Crippen LogP contribution in [0.5, 0.6) is 0 Å². The van der Waals surface area contributed by atoms with Crippen molar-refractivity contribution < 1.29 is 9.90 Å². The maximum Gasteiger partial charge on any atom is 0.305 e. The number of H-pyrrole nitrogens is 1. The number of nitrogens with zero attached hydrogens (tertiary/aromatic N) is 2. The number of carboxylic acids is 1. The van der Waals surface area contributed by atoms with Crippen molar-refractivity contribution in [2.24, 2.45) is 0 Å². The molecule has 6 heteroatoms. The van der Waals surface area contributed by atoms with Crippen LogP contribution in [0.3, 0.4) is 0 Å². The SMILES string of the molecule is CC(C)c1nc(N2CCCC2CC(=O)O)cc(=O)[nH]1. The Labute approximate surface area is 111 Å². The Morgan fingerprint density at radius 1 is 1.63 bits per heavy atom. The van der Waals surface area contributed by atoms with Crippen LogP contribution in [0, 0.1) is 0 Å². The lowest BCUT2D eigenvalue weighted by Crippen LogP contribution is -2.33. The molecule has 19 heavy (non-hydrogen) atoms. The summed E-state index contributed by atoms with van der Waals surface area (Å²) in [7, 11) is 0.